The van der Waals surface area contributed by atoms with Crippen LogP contribution in [0.3, 0.4) is 0 Å². The summed E-state index contributed by atoms with van der Waals surface area (Å²) < 4.78 is 5.53. The first kappa shape index (κ1) is 14.7. The zero-order chi connectivity index (χ0) is 16.4. The summed E-state index contributed by atoms with van der Waals surface area (Å²) in [4.78, 5) is 23.4. The number of thiazole rings is 1. The molecule has 0 N–H and O–H groups in total. The van der Waals surface area contributed by atoms with Crippen molar-refractivity contribution in [1.29, 1.82) is 0 Å². The average molecular weight is 339 g/mol. The van der Waals surface area contributed by atoms with E-state index in [1.54, 1.807) is 24.8 Å². The molecule has 1 aliphatic heterocycles. The molecule has 0 spiro atoms. The van der Waals surface area contributed by atoms with E-state index in [0.717, 1.165) is 26.9 Å². The SMILES string of the molecule is CO/N=C1\CCOc2ncc(-c3cnc(-c4cccnc4)s3)nc21. The van der Waals surface area contributed by atoms with Gasteiger partial charge in [-0.2, -0.15) is 0 Å². The molecule has 0 atom stereocenters. The molecule has 0 fully saturated rings. The molecule has 3 aromatic heterocycles. The predicted molar refractivity (Wildman–Crippen MR) is 90.0 cm³/mol. The van der Waals surface area contributed by atoms with E-state index < -0.39 is 0 Å². The van der Waals surface area contributed by atoms with Crippen LogP contribution in [0.15, 0.2) is 42.1 Å². The van der Waals surface area contributed by atoms with Gasteiger partial charge >= 0.3 is 0 Å². The van der Waals surface area contributed by atoms with Gasteiger partial charge in [-0.15, -0.1) is 11.3 Å². The standard InChI is InChI=1S/C16H13N5O2S/c1-22-21-11-4-6-23-15-14(11)20-12(8-18-15)13-9-19-16(24-13)10-3-2-5-17-7-10/h2-3,5,7-9H,4,6H2,1H3/b21-11+. The zero-order valence-electron chi connectivity index (χ0n) is 12.8. The first-order chi connectivity index (χ1) is 11.8. The Morgan fingerprint density at radius 1 is 1.25 bits per heavy atom. The highest BCUT2D eigenvalue weighted by atomic mass is 32.1. The normalized spacial score (nSPS) is 15.0. The van der Waals surface area contributed by atoms with Crippen LogP contribution in [-0.4, -0.2) is 39.4 Å². The number of hydrogen-bond acceptors (Lipinski definition) is 8. The molecule has 0 aliphatic carbocycles. The predicted octanol–water partition coefficient (Wildman–Crippen LogP) is 2.80. The summed E-state index contributed by atoms with van der Waals surface area (Å²) in [6.07, 6.45) is 7.65. The second-order valence-electron chi connectivity index (χ2n) is 5.00. The molecule has 120 valence electrons. The third kappa shape index (κ3) is 2.71. The van der Waals surface area contributed by atoms with Gasteiger partial charge < -0.3 is 9.57 Å². The molecule has 24 heavy (non-hydrogen) atoms. The lowest BCUT2D eigenvalue weighted by Gasteiger charge is -2.16. The smallest absolute Gasteiger partial charge is 0.242 e. The maximum atomic E-state index is 5.53. The van der Waals surface area contributed by atoms with Crippen molar-refractivity contribution in [3.63, 3.8) is 0 Å². The molecule has 0 saturated heterocycles. The Morgan fingerprint density at radius 3 is 3.04 bits per heavy atom. The summed E-state index contributed by atoms with van der Waals surface area (Å²) in [7, 11) is 1.52. The number of pyridine rings is 1. The number of nitrogens with zero attached hydrogens (tertiary/aromatic N) is 5. The highest BCUT2D eigenvalue weighted by Crippen LogP contribution is 2.32. The fourth-order valence-electron chi connectivity index (χ4n) is 2.37. The summed E-state index contributed by atoms with van der Waals surface area (Å²) in [5.41, 5.74) is 3.07. The summed E-state index contributed by atoms with van der Waals surface area (Å²) in [6.45, 7) is 0.523. The van der Waals surface area contributed by atoms with Gasteiger partial charge in [-0.05, 0) is 12.1 Å². The van der Waals surface area contributed by atoms with Gasteiger partial charge in [-0.25, -0.2) is 15.0 Å². The van der Waals surface area contributed by atoms with Crippen molar-refractivity contribution < 1.29 is 9.57 Å². The molecule has 0 radical (unpaired) electrons. The molecular weight excluding hydrogens is 326 g/mol. The van der Waals surface area contributed by atoms with Crippen LogP contribution < -0.4 is 4.74 Å². The van der Waals surface area contributed by atoms with Crippen LogP contribution in [0, 0.1) is 0 Å². The topological polar surface area (TPSA) is 82.4 Å². The van der Waals surface area contributed by atoms with E-state index in [1.165, 1.54) is 18.4 Å². The van der Waals surface area contributed by atoms with E-state index in [1.807, 2.05) is 12.1 Å². The number of aromatic nitrogens is 4. The van der Waals surface area contributed by atoms with Crippen LogP contribution in [0.1, 0.15) is 12.1 Å². The molecule has 1 aliphatic rings. The Balaban J connectivity index is 1.72. The van der Waals surface area contributed by atoms with Crippen molar-refractivity contribution >= 4 is 17.0 Å². The van der Waals surface area contributed by atoms with Gasteiger partial charge in [0.2, 0.25) is 5.88 Å². The Labute approximate surface area is 142 Å². The Hall–Kier alpha value is -2.87. The summed E-state index contributed by atoms with van der Waals surface area (Å²) in [5.74, 6) is 0.484. The van der Waals surface area contributed by atoms with Crippen LogP contribution in [0.5, 0.6) is 5.88 Å². The largest absolute Gasteiger partial charge is 0.476 e. The third-order valence-electron chi connectivity index (χ3n) is 3.46. The minimum Gasteiger partial charge on any atom is -0.476 e. The molecule has 4 rings (SSSR count). The maximum Gasteiger partial charge on any atom is 0.242 e. The Morgan fingerprint density at radius 2 is 2.21 bits per heavy atom. The number of oxime groups is 1. The summed E-state index contributed by atoms with van der Waals surface area (Å²) >= 11 is 1.54. The molecule has 0 saturated carbocycles. The Kier molecular flexibility index (Phi) is 3.87. The minimum absolute atomic E-state index is 0.484. The Bertz CT molecular complexity index is 894. The van der Waals surface area contributed by atoms with Crippen molar-refractivity contribution in [2.75, 3.05) is 13.7 Å². The highest BCUT2D eigenvalue weighted by molar-refractivity contribution is 7.18. The van der Waals surface area contributed by atoms with Crippen LogP contribution in [-0.2, 0) is 4.84 Å². The lowest BCUT2D eigenvalue weighted by atomic mass is 10.1. The van der Waals surface area contributed by atoms with E-state index in [0.29, 0.717) is 24.6 Å². The number of rotatable bonds is 3. The lowest BCUT2D eigenvalue weighted by Crippen LogP contribution is -2.19. The van der Waals surface area contributed by atoms with E-state index in [2.05, 4.69) is 25.1 Å². The summed E-state index contributed by atoms with van der Waals surface area (Å²) in [5, 5.41) is 4.91. The van der Waals surface area contributed by atoms with Crippen molar-refractivity contribution in [3.8, 4) is 27.0 Å². The quantitative estimate of drug-likeness (QED) is 0.682. The van der Waals surface area contributed by atoms with E-state index in [4.69, 9.17) is 9.57 Å². The van der Waals surface area contributed by atoms with Gasteiger partial charge in [0.05, 0.1) is 17.7 Å². The maximum absolute atomic E-state index is 5.53. The molecule has 8 heteroatoms. The van der Waals surface area contributed by atoms with Crippen molar-refractivity contribution in [2.24, 2.45) is 5.16 Å². The number of hydrogen-bond donors (Lipinski definition) is 0. The first-order valence-electron chi connectivity index (χ1n) is 7.32. The lowest BCUT2D eigenvalue weighted by molar-refractivity contribution is 0.209. The van der Waals surface area contributed by atoms with Crippen LogP contribution in [0.4, 0.5) is 0 Å². The van der Waals surface area contributed by atoms with Gasteiger partial charge in [-0.1, -0.05) is 5.16 Å². The monoisotopic (exact) mass is 339 g/mol. The molecule has 0 bridgehead atoms. The number of fused-ring (bicyclic) bond motifs is 1. The molecule has 0 aromatic carbocycles. The van der Waals surface area contributed by atoms with Crippen LogP contribution in [0.2, 0.25) is 0 Å². The first-order valence-corrected chi connectivity index (χ1v) is 8.13. The molecule has 0 unspecified atom stereocenters. The fourth-order valence-corrected chi connectivity index (χ4v) is 3.23. The second kappa shape index (κ2) is 6.32. The van der Waals surface area contributed by atoms with Gasteiger partial charge in [-0.3, -0.25) is 4.98 Å². The molecular formula is C16H13N5O2S. The van der Waals surface area contributed by atoms with Gasteiger partial charge in [0.1, 0.15) is 23.5 Å². The minimum atomic E-state index is 0.484. The van der Waals surface area contributed by atoms with Crippen molar-refractivity contribution in [3.05, 3.63) is 42.6 Å². The van der Waals surface area contributed by atoms with Gasteiger partial charge in [0, 0.05) is 30.6 Å². The summed E-state index contributed by atoms with van der Waals surface area (Å²) in [6, 6.07) is 3.87. The molecule has 3 aromatic rings. The van der Waals surface area contributed by atoms with Crippen molar-refractivity contribution in [1.82, 2.24) is 19.9 Å². The average Bonchev–Trinajstić information content (AvgIpc) is 3.13. The van der Waals surface area contributed by atoms with E-state index in [-0.39, 0.29) is 0 Å². The molecule has 4 heterocycles. The highest BCUT2D eigenvalue weighted by Gasteiger charge is 2.22. The van der Waals surface area contributed by atoms with Gasteiger partial charge in [0.25, 0.3) is 0 Å². The molecule has 7 nitrogen and oxygen atoms in total. The van der Waals surface area contributed by atoms with Gasteiger partial charge in [0.15, 0.2) is 5.69 Å². The van der Waals surface area contributed by atoms with Crippen molar-refractivity contribution in [2.45, 2.75) is 6.42 Å². The third-order valence-corrected chi connectivity index (χ3v) is 4.53. The van der Waals surface area contributed by atoms with E-state index >= 15 is 0 Å². The fraction of sp³-hybridized carbons (Fsp3) is 0.188. The molecule has 0 amide bonds. The zero-order valence-corrected chi connectivity index (χ0v) is 13.7. The second-order valence-corrected chi connectivity index (χ2v) is 6.03. The number of ether oxygens (including phenoxy) is 1. The van der Waals surface area contributed by atoms with Crippen LogP contribution in [0.25, 0.3) is 21.1 Å². The van der Waals surface area contributed by atoms with Crippen LogP contribution >= 0.6 is 11.3 Å². The van der Waals surface area contributed by atoms with E-state index in [9.17, 15) is 0 Å².